The Balaban J connectivity index is 2.20. The quantitative estimate of drug-likeness (QED) is 0.789. The summed E-state index contributed by atoms with van der Waals surface area (Å²) < 4.78 is 6.00. The molecule has 2 aromatic rings. The Labute approximate surface area is 130 Å². The van der Waals surface area contributed by atoms with Crippen LogP contribution in [0.25, 0.3) is 11.1 Å². The number of aryl methyl sites for hydroxylation is 2. The Hall–Kier alpha value is -1.61. The van der Waals surface area contributed by atoms with E-state index in [4.69, 9.17) is 21.3 Å². The van der Waals surface area contributed by atoms with Gasteiger partial charge >= 0.3 is 0 Å². The highest BCUT2D eigenvalue weighted by molar-refractivity contribution is 6.29. The first-order valence-electron chi connectivity index (χ1n) is 7.47. The van der Waals surface area contributed by atoms with Gasteiger partial charge in [0.15, 0.2) is 0 Å². The molecule has 0 fully saturated rings. The zero-order chi connectivity index (χ0) is 14.8. The van der Waals surface area contributed by atoms with Crippen molar-refractivity contribution in [1.82, 2.24) is 9.97 Å². The van der Waals surface area contributed by atoms with Crippen LogP contribution in [-0.4, -0.2) is 16.6 Å². The number of hydrogen-bond donors (Lipinski definition) is 0. The van der Waals surface area contributed by atoms with Gasteiger partial charge in [0.2, 0.25) is 0 Å². The van der Waals surface area contributed by atoms with Crippen molar-refractivity contribution in [2.45, 2.75) is 39.5 Å². The molecular formula is C17H19ClN2O. The molecule has 0 saturated heterocycles. The molecule has 0 radical (unpaired) electrons. The van der Waals surface area contributed by atoms with Gasteiger partial charge in [-0.3, -0.25) is 4.98 Å². The van der Waals surface area contributed by atoms with Gasteiger partial charge in [-0.25, -0.2) is 4.98 Å². The largest absolute Gasteiger partial charge is 0.493 e. The molecule has 4 heteroatoms. The molecule has 3 nitrogen and oxygen atoms in total. The second-order valence-corrected chi connectivity index (χ2v) is 5.72. The van der Waals surface area contributed by atoms with E-state index >= 15 is 0 Å². The van der Waals surface area contributed by atoms with Crippen molar-refractivity contribution in [2.75, 3.05) is 6.61 Å². The molecule has 1 aliphatic carbocycles. The number of rotatable bonds is 3. The third-order valence-electron chi connectivity index (χ3n) is 3.91. The summed E-state index contributed by atoms with van der Waals surface area (Å²) >= 11 is 5.90. The molecule has 0 aromatic carbocycles. The number of hydrogen-bond acceptors (Lipinski definition) is 3. The van der Waals surface area contributed by atoms with Gasteiger partial charge in [0, 0.05) is 34.3 Å². The van der Waals surface area contributed by atoms with Gasteiger partial charge < -0.3 is 4.74 Å². The Bertz CT molecular complexity index is 653. The highest BCUT2D eigenvalue weighted by Gasteiger charge is 2.22. The van der Waals surface area contributed by atoms with Crippen LogP contribution in [0.15, 0.2) is 18.3 Å². The molecule has 0 N–H and O–H groups in total. The lowest BCUT2D eigenvalue weighted by molar-refractivity contribution is 0.335. The van der Waals surface area contributed by atoms with E-state index in [9.17, 15) is 0 Å². The van der Waals surface area contributed by atoms with Crippen molar-refractivity contribution < 1.29 is 4.74 Å². The van der Waals surface area contributed by atoms with E-state index in [1.54, 1.807) is 6.20 Å². The Morgan fingerprint density at radius 2 is 2.05 bits per heavy atom. The number of aromatic nitrogens is 2. The lowest BCUT2D eigenvalue weighted by Gasteiger charge is -2.23. The van der Waals surface area contributed by atoms with Gasteiger partial charge in [-0.2, -0.15) is 0 Å². The summed E-state index contributed by atoms with van der Waals surface area (Å²) in [6, 6.07) is 3.79. The summed E-state index contributed by atoms with van der Waals surface area (Å²) in [5.41, 5.74) is 5.55. The zero-order valence-electron chi connectivity index (χ0n) is 12.4. The normalized spacial score (nSPS) is 13.9. The maximum Gasteiger partial charge on any atom is 0.133 e. The van der Waals surface area contributed by atoms with E-state index in [2.05, 4.69) is 4.98 Å². The Morgan fingerprint density at radius 3 is 2.76 bits per heavy atom. The number of pyridine rings is 2. The molecule has 2 heterocycles. The van der Waals surface area contributed by atoms with Gasteiger partial charge in [0.05, 0.1) is 6.61 Å². The molecule has 0 unspecified atom stereocenters. The molecule has 0 bridgehead atoms. The van der Waals surface area contributed by atoms with Crippen LogP contribution in [0.3, 0.4) is 0 Å². The summed E-state index contributed by atoms with van der Waals surface area (Å²) in [5, 5.41) is 0.500. The van der Waals surface area contributed by atoms with Crippen LogP contribution in [0.1, 0.15) is 36.7 Å². The summed E-state index contributed by atoms with van der Waals surface area (Å²) in [6.07, 6.45) is 6.31. The molecule has 21 heavy (non-hydrogen) atoms. The second-order valence-electron chi connectivity index (χ2n) is 5.34. The summed E-state index contributed by atoms with van der Waals surface area (Å²) in [6.45, 7) is 4.72. The van der Waals surface area contributed by atoms with Crippen LogP contribution in [-0.2, 0) is 12.8 Å². The Morgan fingerprint density at radius 1 is 1.24 bits per heavy atom. The van der Waals surface area contributed by atoms with E-state index < -0.39 is 0 Å². The number of fused-ring (bicyclic) bond motifs is 1. The predicted molar refractivity (Wildman–Crippen MR) is 85.0 cm³/mol. The standard InChI is InChI=1S/C17H19ClN2O/c1-3-21-17-13-6-4-5-7-14(13)20-11(2)16(17)12-8-9-15(18)19-10-12/h8-10H,3-7H2,1-2H3. The van der Waals surface area contributed by atoms with Crippen LogP contribution in [0.2, 0.25) is 5.15 Å². The fourth-order valence-corrected chi connectivity index (χ4v) is 3.11. The monoisotopic (exact) mass is 302 g/mol. The summed E-state index contributed by atoms with van der Waals surface area (Å²) in [5.74, 6) is 0.990. The van der Waals surface area contributed by atoms with Crippen LogP contribution >= 0.6 is 11.6 Å². The average Bonchev–Trinajstić information content (AvgIpc) is 2.49. The first-order chi connectivity index (χ1) is 10.2. The molecule has 0 aliphatic heterocycles. The van der Waals surface area contributed by atoms with Crippen molar-refractivity contribution >= 4 is 11.6 Å². The van der Waals surface area contributed by atoms with Crippen molar-refractivity contribution in [3.05, 3.63) is 40.4 Å². The second kappa shape index (κ2) is 6.02. The average molecular weight is 303 g/mol. The highest BCUT2D eigenvalue weighted by Crippen LogP contribution is 2.39. The third-order valence-corrected chi connectivity index (χ3v) is 4.13. The van der Waals surface area contributed by atoms with Gasteiger partial charge in [-0.05, 0) is 51.7 Å². The molecule has 3 rings (SSSR count). The van der Waals surface area contributed by atoms with Gasteiger partial charge in [0.25, 0.3) is 0 Å². The maximum absolute atomic E-state index is 6.00. The van der Waals surface area contributed by atoms with Gasteiger partial charge in [-0.1, -0.05) is 11.6 Å². The van der Waals surface area contributed by atoms with Crippen LogP contribution in [0, 0.1) is 6.92 Å². The predicted octanol–water partition coefficient (Wildman–Crippen LogP) is 4.38. The van der Waals surface area contributed by atoms with Crippen molar-refractivity contribution in [1.29, 1.82) is 0 Å². The highest BCUT2D eigenvalue weighted by atomic mass is 35.5. The smallest absolute Gasteiger partial charge is 0.133 e. The lowest BCUT2D eigenvalue weighted by Crippen LogP contribution is -2.11. The lowest BCUT2D eigenvalue weighted by atomic mass is 9.91. The van der Waals surface area contributed by atoms with Crippen molar-refractivity contribution in [2.24, 2.45) is 0 Å². The van der Waals surface area contributed by atoms with Crippen molar-refractivity contribution in [3.63, 3.8) is 0 Å². The molecule has 0 amide bonds. The topological polar surface area (TPSA) is 35.0 Å². The molecule has 0 saturated carbocycles. The molecule has 0 spiro atoms. The summed E-state index contributed by atoms with van der Waals surface area (Å²) in [4.78, 5) is 9.01. The SMILES string of the molecule is CCOc1c2c(nc(C)c1-c1ccc(Cl)nc1)CCCC2. The van der Waals surface area contributed by atoms with Crippen LogP contribution in [0.5, 0.6) is 5.75 Å². The van der Waals surface area contributed by atoms with Gasteiger partial charge in [-0.15, -0.1) is 0 Å². The van der Waals surface area contributed by atoms with Crippen LogP contribution < -0.4 is 4.74 Å². The molecule has 0 atom stereocenters. The molecule has 110 valence electrons. The molecule has 1 aliphatic rings. The number of nitrogens with zero attached hydrogens (tertiary/aromatic N) is 2. The molecular weight excluding hydrogens is 284 g/mol. The number of halogens is 1. The zero-order valence-corrected chi connectivity index (χ0v) is 13.2. The molecule has 2 aromatic heterocycles. The van der Waals surface area contributed by atoms with Crippen molar-refractivity contribution in [3.8, 4) is 16.9 Å². The number of ether oxygens (including phenoxy) is 1. The van der Waals surface area contributed by atoms with E-state index in [1.165, 1.54) is 24.1 Å². The fraction of sp³-hybridized carbons (Fsp3) is 0.412. The first kappa shape index (κ1) is 14.3. The van der Waals surface area contributed by atoms with E-state index in [1.807, 2.05) is 26.0 Å². The Kier molecular flexibility index (Phi) is 4.11. The minimum Gasteiger partial charge on any atom is -0.493 e. The third kappa shape index (κ3) is 2.75. The maximum atomic E-state index is 6.00. The van der Waals surface area contributed by atoms with E-state index in [-0.39, 0.29) is 0 Å². The first-order valence-corrected chi connectivity index (χ1v) is 7.85. The van der Waals surface area contributed by atoms with Crippen LogP contribution in [0.4, 0.5) is 0 Å². The van der Waals surface area contributed by atoms with Gasteiger partial charge in [0.1, 0.15) is 10.9 Å². The minimum atomic E-state index is 0.500. The van der Waals surface area contributed by atoms with E-state index in [0.29, 0.717) is 11.8 Å². The minimum absolute atomic E-state index is 0.500. The fourth-order valence-electron chi connectivity index (χ4n) is 3.00. The summed E-state index contributed by atoms with van der Waals surface area (Å²) in [7, 11) is 0. The van der Waals surface area contributed by atoms with E-state index in [0.717, 1.165) is 35.4 Å².